The number of amides is 1. The first-order valence-corrected chi connectivity index (χ1v) is 12.2. The zero-order valence-corrected chi connectivity index (χ0v) is 19.9. The molecule has 1 aliphatic rings. The highest BCUT2D eigenvalue weighted by Gasteiger charge is 2.31. The van der Waals surface area contributed by atoms with E-state index in [2.05, 4.69) is 76.6 Å². The Balaban J connectivity index is 1.75. The lowest BCUT2D eigenvalue weighted by molar-refractivity contribution is 0.0967. The second-order valence-electron chi connectivity index (χ2n) is 9.33. The summed E-state index contributed by atoms with van der Waals surface area (Å²) >= 11 is 0. The molecule has 0 spiro atoms. The monoisotopic (exact) mass is 454 g/mol. The van der Waals surface area contributed by atoms with Crippen molar-refractivity contribution in [1.29, 1.82) is 0 Å². The number of aliphatic hydroxyl groups excluding tert-OH is 1. The number of aromatic nitrogens is 2. The molecule has 0 saturated heterocycles. The Kier molecular flexibility index (Phi) is 4.90. The number of benzene rings is 3. The van der Waals surface area contributed by atoms with Crippen molar-refractivity contribution in [2.24, 2.45) is 7.05 Å². The summed E-state index contributed by atoms with van der Waals surface area (Å²) in [4.78, 5) is 15.4. The van der Waals surface area contributed by atoms with Crippen molar-refractivity contribution >= 4 is 49.5 Å². The van der Waals surface area contributed by atoms with Gasteiger partial charge in [-0.15, -0.1) is 0 Å². The van der Waals surface area contributed by atoms with Gasteiger partial charge in [-0.1, -0.05) is 50.2 Å². The third-order valence-electron chi connectivity index (χ3n) is 7.57. The van der Waals surface area contributed by atoms with Gasteiger partial charge in [-0.2, -0.15) is 0 Å². The zero-order chi connectivity index (χ0) is 23.6. The Bertz CT molecular complexity index is 1590. The third kappa shape index (κ3) is 2.85. The van der Waals surface area contributed by atoms with Crippen LogP contribution in [0.2, 0.25) is 0 Å². The SMILES string of the molecule is CCN(CC)CC(O)Cn1c2ccccc2c2c3c(c4c5ccccc5n(C)c4c21)CNC3=O. The number of carbonyl (C=O) groups excluding carboxylic acids is 1. The number of rotatable bonds is 6. The summed E-state index contributed by atoms with van der Waals surface area (Å²) in [6.45, 7) is 7.68. The van der Waals surface area contributed by atoms with Gasteiger partial charge in [0.2, 0.25) is 0 Å². The van der Waals surface area contributed by atoms with Crippen LogP contribution >= 0.6 is 0 Å². The van der Waals surface area contributed by atoms with Gasteiger partial charge >= 0.3 is 0 Å². The second kappa shape index (κ2) is 7.86. The maximum absolute atomic E-state index is 13.2. The lowest BCUT2D eigenvalue weighted by atomic mass is 9.97. The van der Waals surface area contributed by atoms with E-state index in [1.165, 1.54) is 0 Å². The maximum Gasteiger partial charge on any atom is 0.252 e. The van der Waals surface area contributed by atoms with E-state index < -0.39 is 6.10 Å². The van der Waals surface area contributed by atoms with Crippen molar-refractivity contribution in [3.8, 4) is 0 Å². The first-order chi connectivity index (χ1) is 16.5. The molecule has 1 unspecified atom stereocenters. The number of hydrogen-bond donors (Lipinski definition) is 2. The van der Waals surface area contributed by atoms with Crippen LogP contribution in [0.4, 0.5) is 0 Å². The number of nitrogens with one attached hydrogen (secondary N) is 1. The van der Waals surface area contributed by atoms with E-state index in [1.54, 1.807) is 0 Å². The average Bonchev–Trinajstić information content (AvgIpc) is 3.48. The molecule has 34 heavy (non-hydrogen) atoms. The Morgan fingerprint density at radius 1 is 0.971 bits per heavy atom. The average molecular weight is 455 g/mol. The van der Waals surface area contributed by atoms with Crippen LogP contribution in [0.1, 0.15) is 29.8 Å². The molecule has 6 heteroatoms. The smallest absolute Gasteiger partial charge is 0.252 e. The molecule has 2 aromatic heterocycles. The minimum absolute atomic E-state index is 0.0126. The molecule has 0 bridgehead atoms. The quantitative estimate of drug-likeness (QED) is 0.400. The van der Waals surface area contributed by atoms with Crippen molar-refractivity contribution in [3.63, 3.8) is 0 Å². The summed E-state index contributed by atoms with van der Waals surface area (Å²) in [5.41, 5.74) is 6.22. The topological polar surface area (TPSA) is 62.4 Å². The number of aliphatic hydroxyl groups is 1. The summed E-state index contributed by atoms with van der Waals surface area (Å²) in [5, 5.41) is 18.6. The Hall–Kier alpha value is -3.35. The number of aryl methyl sites for hydroxylation is 1. The van der Waals surface area contributed by atoms with Crippen LogP contribution in [0.3, 0.4) is 0 Å². The van der Waals surface area contributed by atoms with Crippen molar-refractivity contribution in [2.45, 2.75) is 33.0 Å². The third-order valence-corrected chi connectivity index (χ3v) is 7.57. The Morgan fingerprint density at radius 2 is 1.62 bits per heavy atom. The maximum atomic E-state index is 13.2. The van der Waals surface area contributed by atoms with E-state index in [4.69, 9.17) is 0 Å². The highest BCUT2D eigenvalue weighted by atomic mass is 16.3. The van der Waals surface area contributed by atoms with E-state index in [-0.39, 0.29) is 5.91 Å². The molecule has 0 aliphatic carbocycles. The van der Waals surface area contributed by atoms with Gasteiger partial charge in [0.15, 0.2) is 0 Å². The highest BCUT2D eigenvalue weighted by Crippen LogP contribution is 2.44. The molecule has 1 atom stereocenters. The summed E-state index contributed by atoms with van der Waals surface area (Å²) in [7, 11) is 2.11. The Labute approximate surface area is 198 Å². The predicted octanol–water partition coefficient (Wildman–Crippen LogP) is 4.39. The zero-order valence-electron chi connectivity index (χ0n) is 19.9. The molecule has 0 saturated carbocycles. The number of fused-ring (bicyclic) bond motifs is 10. The molecule has 2 N–H and O–H groups in total. The van der Waals surface area contributed by atoms with Crippen LogP contribution in [-0.2, 0) is 20.1 Å². The van der Waals surface area contributed by atoms with Crippen LogP contribution in [0, 0.1) is 0 Å². The van der Waals surface area contributed by atoms with E-state index in [9.17, 15) is 9.90 Å². The summed E-state index contributed by atoms with van der Waals surface area (Å²) < 4.78 is 4.49. The molecule has 6 rings (SSSR count). The first kappa shape index (κ1) is 21.2. The van der Waals surface area contributed by atoms with E-state index in [0.717, 1.165) is 67.8 Å². The molecule has 5 aromatic rings. The van der Waals surface area contributed by atoms with Crippen molar-refractivity contribution in [2.75, 3.05) is 19.6 Å². The predicted molar refractivity (Wildman–Crippen MR) is 138 cm³/mol. The standard InChI is InChI=1S/C28H30N4O2/c1-4-31(5-2)15-17(33)16-32-22-13-9-7-11-19(22)24-25-20(14-29-28(25)34)23-18-10-6-8-12-21(18)30(3)26(23)27(24)32/h6-13,17,33H,4-5,14-16H2,1-3H3,(H,29,34). The van der Waals surface area contributed by atoms with Crippen LogP contribution in [0.5, 0.6) is 0 Å². The highest BCUT2D eigenvalue weighted by molar-refractivity contribution is 6.30. The van der Waals surface area contributed by atoms with Crippen molar-refractivity contribution < 1.29 is 9.90 Å². The molecule has 1 aliphatic heterocycles. The van der Waals surface area contributed by atoms with E-state index >= 15 is 0 Å². The Morgan fingerprint density at radius 3 is 2.32 bits per heavy atom. The summed E-state index contributed by atoms with van der Waals surface area (Å²) in [5.74, 6) is -0.0126. The van der Waals surface area contributed by atoms with Gasteiger partial charge in [-0.25, -0.2) is 0 Å². The van der Waals surface area contributed by atoms with E-state index in [1.807, 2.05) is 12.1 Å². The van der Waals surface area contributed by atoms with Gasteiger partial charge in [0.05, 0.1) is 29.2 Å². The molecule has 3 heterocycles. The number of likely N-dealkylation sites (N-methyl/N-ethyl adjacent to an activating group) is 1. The van der Waals surface area contributed by atoms with Crippen LogP contribution in [0.25, 0.3) is 43.6 Å². The molecular formula is C28H30N4O2. The van der Waals surface area contributed by atoms with Crippen LogP contribution in [0.15, 0.2) is 48.5 Å². The molecular weight excluding hydrogens is 424 g/mol. The fourth-order valence-electron chi connectivity index (χ4n) is 5.98. The largest absolute Gasteiger partial charge is 0.390 e. The lowest BCUT2D eigenvalue weighted by Gasteiger charge is -2.23. The normalized spacial score (nSPS) is 14.7. The number of nitrogens with zero attached hydrogens (tertiary/aromatic N) is 3. The van der Waals surface area contributed by atoms with Gasteiger partial charge in [0.25, 0.3) is 5.91 Å². The molecule has 1 amide bonds. The van der Waals surface area contributed by atoms with Crippen molar-refractivity contribution in [1.82, 2.24) is 19.4 Å². The van der Waals surface area contributed by atoms with Crippen LogP contribution in [-0.4, -0.2) is 50.8 Å². The minimum atomic E-state index is -0.522. The summed E-state index contributed by atoms with van der Waals surface area (Å²) in [6, 6.07) is 16.7. The fourth-order valence-corrected chi connectivity index (χ4v) is 5.98. The van der Waals surface area contributed by atoms with Crippen molar-refractivity contribution in [3.05, 3.63) is 59.7 Å². The summed E-state index contributed by atoms with van der Waals surface area (Å²) in [6.07, 6.45) is -0.522. The molecule has 0 radical (unpaired) electrons. The number of para-hydroxylation sites is 2. The van der Waals surface area contributed by atoms with E-state index in [0.29, 0.717) is 19.6 Å². The molecule has 6 nitrogen and oxygen atoms in total. The minimum Gasteiger partial charge on any atom is -0.390 e. The number of carbonyl (C=O) groups is 1. The molecule has 3 aromatic carbocycles. The first-order valence-electron chi connectivity index (χ1n) is 12.2. The number of hydrogen-bond acceptors (Lipinski definition) is 3. The van der Waals surface area contributed by atoms with Gasteiger partial charge < -0.3 is 24.5 Å². The van der Waals surface area contributed by atoms with Gasteiger partial charge in [0.1, 0.15) is 0 Å². The second-order valence-corrected chi connectivity index (χ2v) is 9.33. The van der Waals surface area contributed by atoms with Crippen LogP contribution < -0.4 is 5.32 Å². The molecule has 0 fully saturated rings. The lowest BCUT2D eigenvalue weighted by Crippen LogP contribution is -2.34. The molecule has 174 valence electrons. The van der Waals surface area contributed by atoms with Gasteiger partial charge in [0, 0.05) is 52.7 Å². The van der Waals surface area contributed by atoms with Gasteiger partial charge in [-0.3, -0.25) is 4.79 Å². The fraction of sp³-hybridized carbons (Fsp3) is 0.321. The van der Waals surface area contributed by atoms with Gasteiger partial charge in [-0.05, 0) is 30.8 Å².